The van der Waals surface area contributed by atoms with Crippen LogP contribution in [0.4, 0.5) is 11.4 Å². The van der Waals surface area contributed by atoms with Crippen LogP contribution in [0.15, 0.2) is 65.6 Å². The molecule has 0 aliphatic heterocycles. The topological polar surface area (TPSA) is 66.5 Å². The zero-order valence-electron chi connectivity index (χ0n) is 20.1. The fourth-order valence-electron chi connectivity index (χ4n) is 3.90. The second kappa shape index (κ2) is 9.79. The van der Waals surface area contributed by atoms with E-state index in [-0.39, 0.29) is 23.3 Å². The van der Waals surface area contributed by atoms with E-state index in [0.717, 1.165) is 33.5 Å². The van der Waals surface area contributed by atoms with Crippen molar-refractivity contribution in [2.75, 3.05) is 16.2 Å². The van der Waals surface area contributed by atoms with E-state index in [9.17, 15) is 13.2 Å². The van der Waals surface area contributed by atoms with Gasteiger partial charge in [0.2, 0.25) is 5.91 Å². The van der Waals surface area contributed by atoms with E-state index >= 15 is 0 Å². The van der Waals surface area contributed by atoms with Crippen molar-refractivity contribution in [1.29, 1.82) is 0 Å². The lowest BCUT2D eigenvalue weighted by Crippen LogP contribution is -2.38. The smallest absolute Gasteiger partial charge is 0.264 e. The van der Waals surface area contributed by atoms with Crippen molar-refractivity contribution in [3.8, 4) is 0 Å². The van der Waals surface area contributed by atoms with Crippen molar-refractivity contribution in [3.05, 3.63) is 88.5 Å². The number of hydrogen-bond acceptors (Lipinski definition) is 3. The summed E-state index contributed by atoms with van der Waals surface area (Å²) >= 11 is 0. The SMILES string of the molecule is Cc1ccc(S(=O)(=O)N(CC(=O)Nc2c(C)cccc2C(C)C)c2cc(C)cc(C)c2)cc1. The molecule has 0 aromatic heterocycles. The van der Waals surface area contributed by atoms with Crippen molar-refractivity contribution < 1.29 is 13.2 Å². The lowest BCUT2D eigenvalue weighted by molar-refractivity contribution is -0.114. The molecule has 3 aromatic carbocycles. The third kappa shape index (κ3) is 5.63. The van der Waals surface area contributed by atoms with Crippen LogP contribution >= 0.6 is 0 Å². The van der Waals surface area contributed by atoms with Gasteiger partial charge in [-0.2, -0.15) is 0 Å². The highest BCUT2D eigenvalue weighted by molar-refractivity contribution is 7.92. The summed E-state index contributed by atoms with van der Waals surface area (Å²) in [4.78, 5) is 13.4. The number of aryl methyl sites for hydroxylation is 4. The zero-order chi connectivity index (χ0) is 24.3. The summed E-state index contributed by atoms with van der Waals surface area (Å²) in [5.74, 6) is -0.173. The van der Waals surface area contributed by atoms with Crippen molar-refractivity contribution >= 4 is 27.3 Å². The molecule has 3 rings (SSSR count). The molecule has 0 atom stereocenters. The number of carbonyl (C=O) groups excluding carboxylic acids is 1. The molecule has 0 bridgehead atoms. The lowest BCUT2D eigenvalue weighted by Gasteiger charge is -2.25. The van der Waals surface area contributed by atoms with Crippen LogP contribution in [0.1, 0.15) is 47.6 Å². The van der Waals surface area contributed by atoms with E-state index in [1.54, 1.807) is 36.4 Å². The molecule has 0 radical (unpaired) electrons. The molecule has 5 nitrogen and oxygen atoms in total. The Labute approximate surface area is 197 Å². The minimum Gasteiger partial charge on any atom is -0.324 e. The molecule has 0 spiro atoms. The number of benzene rings is 3. The standard InChI is InChI=1S/C27H32N2O3S/c1-18(2)25-9-7-8-22(6)27(25)28-26(30)17-29(23-15-20(4)14-21(5)16-23)33(31,32)24-12-10-19(3)11-13-24/h7-16,18H,17H2,1-6H3,(H,28,30). The van der Waals surface area contributed by atoms with Crippen LogP contribution in [-0.4, -0.2) is 20.9 Å². The first-order valence-corrected chi connectivity index (χ1v) is 12.5. The highest BCUT2D eigenvalue weighted by Gasteiger charge is 2.28. The van der Waals surface area contributed by atoms with Gasteiger partial charge in [0, 0.05) is 5.69 Å². The first kappa shape index (κ1) is 24.5. The Morgan fingerprint density at radius 1 is 0.879 bits per heavy atom. The van der Waals surface area contributed by atoms with Gasteiger partial charge in [-0.1, -0.05) is 55.8 Å². The van der Waals surface area contributed by atoms with Gasteiger partial charge in [-0.25, -0.2) is 8.42 Å². The Morgan fingerprint density at radius 3 is 2.06 bits per heavy atom. The van der Waals surface area contributed by atoms with Crippen molar-refractivity contribution in [3.63, 3.8) is 0 Å². The zero-order valence-corrected chi connectivity index (χ0v) is 21.0. The third-order valence-corrected chi connectivity index (χ3v) is 7.37. The van der Waals surface area contributed by atoms with Crippen LogP contribution in [0.5, 0.6) is 0 Å². The average Bonchev–Trinajstić information content (AvgIpc) is 2.72. The van der Waals surface area contributed by atoms with Gasteiger partial charge in [0.1, 0.15) is 6.54 Å². The monoisotopic (exact) mass is 464 g/mol. The molecule has 33 heavy (non-hydrogen) atoms. The fraction of sp³-hybridized carbons (Fsp3) is 0.296. The number of para-hydroxylation sites is 1. The highest BCUT2D eigenvalue weighted by Crippen LogP contribution is 2.29. The number of sulfonamides is 1. The van der Waals surface area contributed by atoms with Gasteiger partial charge in [0.15, 0.2) is 0 Å². The molecule has 0 aliphatic rings. The fourth-order valence-corrected chi connectivity index (χ4v) is 5.30. The van der Waals surface area contributed by atoms with E-state index in [4.69, 9.17) is 0 Å². The molecule has 0 fully saturated rings. The van der Waals surface area contributed by atoms with Crippen molar-refractivity contribution in [2.24, 2.45) is 0 Å². The molecular weight excluding hydrogens is 432 g/mol. The Balaban J connectivity index is 2.02. The number of nitrogens with zero attached hydrogens (tertiary/aromatic N) is 1. The minimum absolute atomic E-state index is 0.152. The van der Waals surface area contributed by atoms with Gasteiger partial charge in [-0.15, -0.1) is 0 Å². The molecule has 0 heterocycles. The minimum atomic E-state index is -3.96. The number of nitrogens with one attached hydrogen (secondary N) is 1. The molecule has 0 aliphatic carbocycles. The highest BCUT2D eigenvalue weighted by atomic mass is 32.2. The molecule has 0 saturated carbocycles. The number of amides is 1. The van der Waals surface area contributed by atoms with Crippen LogP contribution in [0.3, 0.4) is 0 Å². The second-order valence-corrected chi connectivity index (χ2v) is 10.8. The summed E-state index contributed by atoms with van der Waals surface area (Å²) in [7, 11) is -3.96. The molecule has 0 saturated heterocycles. The first-order chi connectivity index (χ1) is 15.5. The Bertz CT molecular complexity index is 1240. The van der Waals surface area contributed by atoms with E-state index in [0.29, 0.717) is 5.69 Å². The van der Waals surface area contributed by atoms with Gasteiger partial charge in [-0.3, -0.25) is 9.10 Å². The Hall–Kier alpha value is -3.12. The number of rotatable bonds is 7. The number of carbonyl (C=O) groups is 1. The van der Waals surface area contributed by atoms with E-state index in [1.807, 2.05) is 52.0 Å². The van der Waals surface area contributed by atoms with E-state index < -0.39 is 10.0 Å². The summed E-state index contributed by atoms with van der Waals surface area (Å²) in [6.45, 7) is 11.5. The molecule has 1 amide bonds. The van der Waals surface area contributed by atoms with Gasteiger partial charge >= 0.3 is 0 Å². The summed E-state index contributed by atoms with van der Waals surface area (Å²) in [6, 6.07) is 18.1. The summed E-state index contributed by atoms with van der Waals surface area (Å²) < 4.78 is 28.5. The average molecular weight is 465 g/mol. The Kier molecular flexibility index (Phi) is 7.28. The van der Waals surface area contributed by atoms with Gasteiger partial charge in [0.05, 0.1) is 10.6 Å². The second-order valence-electron chi connectivity index (χ2n) is 8.91. The van der Waals surface area contributed by atoms with E-state index in [1.165, 1.54) is 4.31 Å². The first-order valence-electron chi connectivity index (χ1n) is 11.1. The van der Waals surface area contributed by atoms with Gasteiger partial charge < -0.3 is 5.32 Å². The molecule has 3 aromatic rings. The maximum Gasteiger partial charge on any atom is 0.264 e. The predicted molar refractivity (Wildman–Crippen MR) is 136 cm³/mol. The predicted octanol–water partition coefficient (Wildman–Crippen LogP) is 5.88. The number of hydrogen-bond donors (Lipinski definition) is 1. The van der Waals surface area contributed by atoms with Crippen molar-refractivity contribution in [2.45, 2.75) is 52.4 Å². The third-order valence-electron chi connectivity index (χ3n) is 5.58. The summed E-state index contributed by atoms with van der Waals surface area (Å²) in [5.41, 5.74) is 5.98. The van der Waals surface area contributed by atoms with Crippen molar-refractivity contribution in [1.82, 2.24) is 0 Å². The largest absolute Gasteiger partial charge is 0.324 e. The molecule has 174 valence electrons. The maximum atomic E-state index is 13.6. The number of anilines is 2. The molecular formula is C27H32N2O3S. The van der Waals surface area contributed by atoms with Gasteiger partial charge in [-0.05, 0) is 80.1 Å². The molecule has 6 heteroatoms. The Morgan fingerprint density at radius 2 is 1.48 bits per heavy atom. The van der Waals surface area contributed by atoms with Crippen LogP contribution in [0.2, 0.25) is 0 Å². The quantitative estimate of drug-likeness (QED) is 0.475. The van der Waals surface area contributed by atoms with Crippen LogP contribution in [0.25, 0.3) is 0 Å². The maximum absolute atomic E-state index is 13.6. The van der Waals surface area contributed by atoms with Crippen LogP contribution < -0.4 is 9.62 Å². The summed E-state index contributed by atoms with van der Waals surface area (Å²) in [5, 5.41) is 2.98. The lowest BCUT2D eigenvalue weighted by atomic mass is 9.98. The van der Waals surface area contributed by atoms with Crippen LogP contribution in [-0.2, 0) is 14.8 Å². The molecule has 0 unspecified atom stereocenters. The van der Waals surface area contributed by atoms with E-state index in [2.05, 4.69) is 19.2 Å². The normalized spacial score (nSPS) is 11.5. The molecule has 1 N–H and O–H groups in total. The van der Waals surface area contributed by atoms with Gasteiger partial charge in [0.25, 0.3) is 10.0 Å². The van der Waals surface area contributed by atoms with Crippen LogP contribution in [0, 0.1) is 27.7 Å². The summed E-state index contributed by atoms with van der Waals surface area (Å²) in [6.07, 6.45) is 0.